The average Bonchev–Trinajstić information content (AvgIpc) is 2.70. The molecule has 6 nitrogen and oxygen atoms in total. The van der Waals surface area contributed by atoms with E-state index in [1.54, 1.807) is 17.3 Å². The van der Waals surface area contributed by atoms with Crippen molar-refractivity contribution in [3.8, 4) is 0 Å². The fourth-order valence-electron chi connectivity index (χ4n) is 1.79. The molecule has 0 spiro atoms. The van der Waals surface area contributed by atoms with Crippen molar-refractivity contribution in [2.45, 2.75) is 25.4 Å². The molecular weight excluding hydrogens is 194 g/mol. The molecule has 1 fully saturated rings. The molecule has 1 aromatic rings. The lowest BCUT2D eigenvalue weighted by Crippen LogP contribution is -2.46. The maximum absolute atomic E-state index is 11.8. The largest absolute Gasteiger partial charge is 0.340 e. The van der Waals surface area contributed by atoms with Gasteiger partial charge in [-0.15, -0.1) is 5.10 Å². The van der Waals surface area contributed by atoms with Crippen molar-refractivity contribution in [3.63, 3.8) is 0 Å². The Hall–Kier alpha value is -1.43. The molecule has 1 saturated heterocycles. The van der Waals surface area contributed by atoms with E-state index in [1.165, 1.54) is 4.68 Å². The van der Waals surface area contributed by atoms with Crippen molar-refractivity contribution in [2.24, 2.45) is 5.73 Å². The Balaban J connectivity index is 1.90. The van der Waals surface area contributed by atoms with Crippen molar-refractivity contribution in [3.05, 3.63) is 12.4 Å². The Morgan fingerprint density at radius 2 is 2.47 bits per heavy atom. The highest BCUT2D eigenvalue weighted by Crippen LogP contribution is 2.08. The van der Waals surface area contributed by atoms with Gasteiger partial charge in [0.2, 0.25) is 5.91 Å². The number of likely N-dealkylation sites (tertiary alicyclic amines) is 1. The van der Waals surface area contributed by atoms with Crippen LogP contribution in [0.5, 0.6) is 0 Å². The molecule has 15 heavy (non-hydrogen) atoms. The van der Waals surface area contributed by atoms with E-state index in [1.807, 2.05) is 0 Å². The SMILES string of the molecule is N[C@@H]1CCCN(C(=O)Cn2ccnn2)C1. The molecule has 0 bridgehead atoms. The standard InChI is InChI=1S/C9H15N5O/c10-8-2-1-4-13(6-8)9(15)7-14-5-3-11-12-14/h3,5,8H,1-2,4,6-7,10H2/t8-/m1/s1. The number of nitrogens with two attached hydrogens (primary N) is 1. The minimum atomic E-state index is 0.0654. The Morgan fingerprint density at radius 1 is 1.60 bits per heavy atom. The highest BCUT2D eigenvalue weighted by atomic mass is 16.2. The van der Waals surface area contributed by atoms with Gasteiger partial charge in [-0.05, 0) is 12.8 Å². The summed E-state index contributed by atoms with van der Waals surface area (Å²) in [4.78, 5) is 13.6. The predicted octanol–water partition coefficient (Wildman–Crippen LogP) is -0.772. The molecule has 2 N–H and O–H groups in total. The predicted molar refractivity (Wildman–Crippen MR) is 53.8 cm³/mol. The molecule has 1 aromatic heterocycles. The van der Waals surface area contributed by atoms with Crippen LogP contribution < -0.4 is 5.73 Å². The second kappa shape index (κ2) is 4.39. The van der Waals surface area contributed by atoms with E-state index >= 15 is 0 Å². The molecule has 1 atom stereocenters. The first kappa shape index (κ1) is 10.1. The lowest BCUT2D eigenvalue weighted by molar-refractivity contribution is -0.133. The van der Waals surface area contributed by atoms with E-state index in [-0.39, 0.29) is 18.5 Å². The topological polar surface area (TPSA) is 77.0 Å². The summed E-state index contributed by atoms with van der Waals surface area (Å²) < 4.78 is 1.53. The van der Waals surface area contributed by atoms with Crippen LogP contribution in [-0.2, 0) is 11.3 Å². The fourth-order valence-corrected chi connectivity index (χ4v) is 1.79. The van der Waals surface area contributed by atoms with Gasteiger partial charge in [0.25, 0.3) is 0 Å². The number of carbonyl (C=O) groups excluding carboxylic acids is 1. The number of hydrogen-bond acceptors (Lipinski definition) is 4. The zero-order valence-corrected chi connectivity index (χ0v) is 8.54. The summed E-state index contributed by atoms with van der Waals surface area (Å²) in [7, 11) is 0. The minimum Gasteiger partial charge on any atom is -0.340 e. The summed E-state index contributed by atoms with van der Waals surface area (Å²) in [5.74, 6) is 0.0654. The van der Waals surface area contributed by atoms with Gasteiger partial charge in [0.15, 0.2) is 0 Å². The van der Waals surface area contributed by atoms with Crippen LogP contribution in [0.4, 0.5) is 0 Å². The number of amides is 1. The van der Waals surface area contributed by atoms with E-state index < -0.39 is 0 Å². The lowest BCUT2D eigenvalue weighted by atomic mass is 10.1. The molecule has 2 rings (SSSR count). The van der Waals surface area contributed by atoms with E-state index in [4.69, 9.17) is 5.73 Å². The summed E-state index contributed by atoms with van der Waals surface area (Å²) in [5.41, 5.74) is 5.81. The number of piperidine rings is 1. The smallest absolute Gasteiger partial charge is 0.244 e. The first-order chi connectivity index (χ1) is 7.25. The Labute approximate surface area is 88.0 Å². The van der Waals surface area contributed by atoms with Gasteiger partial charge in [-0.1, -0.05) is 5.21 Å². The van der Waals surface area contributed by atoms with Gasteiger partial charge in [0.1, 0.15) is 6.54 Å². The number of rotatable bonds is 2. The normalized spacial score (nSPS) is 21.7. The van der Waals surface area contributed by atoms with Crippen molar-refractivity contribution in [1.82, 2.24) is 19.9 Å². The first-order valence-corrected chi connectivity index (χ1v) is 5.13. The average molecular weight is 209 g/mol. The van der Waals surface area contributed by atoms with E-state index in [9.17, 15) is 4.79 Å². The number of aromatic nitrogens is 3. The summed E-state index contributed by atoms with van der Waals surface area (Å²) in [6.45, 7) is 1.72. The quantitative estimate of drug-likeness (QED) is 0.693. The highest BCUT2D eigenvalue weighted by molar-refractivity contribution is 5.76. The number of hydrogen-bond donors (Lipinski definition) is 1. The van der Waals surface area contributed by atoms with Crippen LogP contribution >= 0.6 is 0 Å². The molecule has 1 aliphatic heterocycles. The van der Waals surface area contributed by atoms with Gasteiger partial charge in [0, 0.05) is 25.3 Å². The number of carbonyl (C=O) groups is 1. The van der Waals surface area contributed by atoms with Gasteiger partial charge in [-0.2, -0.15) is 0 Å². The van der Waals surface area contributed by atoms with Crippen LogP contribution in [0.1, 0.15) is 12.8 Å². The molecule has 6 heteroatoms. The third-order valence-electron chi connectivity index (χ3n) is 2.58. The summed E-state index contributed by atoms with van der Waals surface area (Å²) in [5, 5.41) is 7.41. The lowest BCUT2D eigenvalue weighted by Gasteiger charge is -2.30. The van der Waals surface area contributed by atoms with Crippen LogP contribution in [-0.4, -0.2) is 44.9 Å². The van der Waals surface area contributed by atoms with Gasteiger partial charge in [-0.3, -0.25) is 4.79 Å². The third-order valence-corrected chi connectivity index (χ3v) is 2.58. The second-order valence-corrected chi connectivity index (χ2v) is 3.84. The monoisotopic (exact) mass is 209 g/mol. The van der Waals surface area contributed by atoms with Crippen LogP contribution in [0.15, 0.2) is 12.4 Å². The molecule has 0 aromatic carbocycles. The van der Waals surface area contributed by atoms with E-state index in [0.29, 0.717) is 6.54 Å². The van der Waals surface area contributed by atoms with E-state index in [2.05, 4.69) is 10.3 Å². The van der Waals surface area contributed by atoms with Crippen molar-refractivity contribution >= 4 is 5.91 Å². The van der Waals surface area contributed by atoms with Crippen molar-refractivity contribution in [1.29, 1.82) is 0 Å². The summed E-state index contributed by atoms with van der Waals surface area (Å²) in [6, 6.07) is 0.124. The van der Waals surface area contributed by atoms with Gasteiger partial charge >= 0.3 is 0 Å². The van der Waals surface area contributed by atoms with Crippen LogP contribution in [0.2, 0.25) is 0 Å². The van der Waals surface area contributed by atoms with Crippen molar-refractivity contribution in [2.75, 3.05) is 13.1 Å². The Kier molecular flexibility index (Phi) is 2.96. The molecule has 82 valence electrons. The second-order valence-electron chi connectivity index (χ2n) is 3.84. The van der Waals surface area contributed by atoms with Crippen molar-refractivity contribution < 1.29 is 4.79 Å². The minimum absolute atomic E-state index is 0.0654. The van der Waals surface area contributed by atoms with Gasteiger partial charge < -0.3 is 10.6 Å². The molecule has 0 unspecified atom stereocenters. The van der Waals surface area contributed by atoms with Gasteiger partial charge in [0.05, 0.1) is 6.20 Å². The molecule has 1 amide bonds. The zero-order chi connectivity index (χ0) is 10.7. The highest BCUT2D eigenvalue weighted by Gasteiger charge is 2.21. The molecule has 0 radical (unpaired) electrons. The Bertz CT molecular complexity index is 323. The molecule has 2 heterocycles. The molecular formula is C9H15N5O. The maximum atomic E-state index is 11.8. The number of nitrogens with zero attached hydrogens (tertiary/aromatic N) is 4. The fraction of sp³-hybridized carbons (Fsp3) is 0.667. The first-order valence-electron chi connectivity index (χ1n) is 5.13. The Morgan fingerprint density at radius 3 is 3.13 bits per heavy atom. The summed E-state index contributed by atoms with van der Waals surface area (Å²) >= 11 is 0. The summed E-state index contributed by atoms with van der Waals surface area (Å²) in [6.07, 6.45) is 5.24. The molecule has 0 saturated carbocycles. The zero-order valence-electron chi connectivity index (χ0n) is 8.54. The van der Waals surface area contributed by atoms with Crippen LogP contribution in [0.3, 0.4) is 0 Å². The molecule has 1 aliphatic rings. The third kappa shape index (κ3) is 2.53. The van der Waals surface area contributed by atoms with Crippen LogP contribution in [0, 0.1) is 0 Å². The molecule has 0 aliphatic carbocycles. The van der Waals surface area contributed by atoms with E-state index in [0.717, 1.165) is 19.4 Å². The van der Waals surface area contributed by atoms with Crippen LogP contribution in [0.25, 0.3) is 0 Å². The van der Waals surface area contributed by atoms with Gasteiger partial charge in [-0.25, -0.2) is 4.68 Å². The maximum Gasteiger partial charge on any atom is 0.244 e.